The Morgan fingerprint density at radius 2 is 2.25 bits per heavy atom. The van der Waals surface area contributed by atoms with E-state index in [0.29, 0.717) is 10.6 Å². The molecule has 1 aromatic heterocycles. The topological polar surface area (TPSA) is 29.9 Å². The SMILES string of the molecule is CCNC(CCc1cnn(C)c1)c1c(F)cccc1Cl. The Morgan fingerprint density at radius 3 is 2.85 bits per heavy atom. The lowest BCUT2D eigenvalue weighted by Crippen LogP contribution is -2.23. The average molecular weight is 296 g/mol. The molecule has 1 N–H and O–H groups in total. The fraction of sp³-hybridized carbons (Fsp3) is 0.400. The van der Waals surface area contributed by atoms with E-state index in [9.17, 15) is 4.39 Å². The predicted octanol–water partition coefficient (Wildman–Crippen LogP) is 3.50. The van der Waals surface area contributed by atoms with Gasteiger partial charge in [0.1, 0.15) is 5.82 Å². The summed E-state index contributed by atoms with van der Waals surface area (Å²) in [5.41, 5.74) is 1.70. The molecule has 0 saturated heterocycles. The number of aromatic nitrogens is 2. The van der Waals surface area contributed by atoms with Crippen molar-refractivity contribution in [1.29, 1.82) is 0 Å². The third kappa shape index (κ3) is 3.58. The van der Waals surface area contributed by atoms with Crippen LogP contribution in [0.15, 0.2) is 30.6 Å². The van der Waals surface area contributed by atoms with Crippen LogP contribution < -0.4 is 5.32 Å². The molecule has 5 heteroatoms. The van der Waals surface area contributed by atoms with Gasteiger partial charge in [-0.05, 0) is 37.1 Å². The fourth-order valence-corrected chi connectivity index (χ4v) is 2.65. The maximum atomic E-state index is 14.0. The van der Waals surface area contributed by atoms with E-state index in [1.165, 1.54) is 6.07 Å². The number of hydrogen-bond acceptors (Lipinski definition) is 2. The Hall–Kier alpha value is -1.39. The average Bonchev–Trinajstić information content (AvgIpc) is 2.81. The van der Waals surface area contributed by atoms with E-state index >= 15 is 0 Å². The van der Waals surface area contributed by atoms with E-state index in [2.05, 4.69) is 10.4 Å². The molecule has 1 unspecified atom stereocenters. The number of nitrogens with zero attached hydrogens (tertiary/aromatic N) is 2. The van der Waals surface area contributed by atoms with Gasteiger partial charge in [-0.3, -0.25) is 4.68 Å². The molecule has 20 heavy (non-hydrogen) atoms. The van der Waals surface area contributed by atoms with Crippen LogP contribution in [0.4, 0.5) is 4.39 Å². The van der Waals surface area contributed by atoms with Crippen molar-refractivity contribution in [2.24, 2.45) is 7.05 Å². The molecule has 3 nitrogen and oxygen atoms in total. The molecule has 0 spiro atoms. The smallest absolute Gasteiger partial charge is 0.129 e. The summed E-state index contributed by atoms with van der Waals surface area (Å²) >= 11 is 6.15. The first-order valence-corrected chi connectivity index (χ1v) is 7.14. The molecule has 0 aliphatic carbocycles. The standard InChI is InChI=1S/C15H19ClFN3/c1-3-18-14(8-7-11-9-19-20(2)10-11)15-12(16)5-4-6-13(15)17/h4-6,9-10,14,18H,3,7-8H2,1-2H3. The van der Waals surface area contributed by atoms with Crippen LogP contribution in [0, 0.1) is 5.82 Å². The number of benzene rings is 1. The highest BCUT2D eigenvalue weighted by atomic mass is 35.5. The van der Waals surface area contributed by atoms with Gasteiger partial charge in [-0.15, -0.1) is 0 Å². The van der Waals surface area contributed by atoms with Gasteiger partial charge in [0, 0.05) is 29.9 Å². The van der Waals surface area contributed by atoms with Crippen LogP contribution in [0.2, 0.25) is 5.02 Å². The highest BCUT2D eigenvalue weighted by molar-refractivity contribution is 6.31. The van der Waals surface area contributed by atoms with Crippen molar-refractivity contribution >= 4 is 11.6 Å². The van der Waals surface area contributed by atoms with Crippen molar-refractivity contribution in [1.82, 2.24) is 15.1 Å². The lowest BCUT2D eigenvalue weighted by Gasteiger charge is -2.20. The Labute approximate surface area is 123 Å². The van der Waals surface area contributed by atoms with E-state index in [1.54, 1.807) is 16.8 Å². The molecule has 0 aliphatic rings. The summed E-state index contributed by atoms with van der Waals surface area (Å²) in [5.74, 6) is -0.255. The summed E-state index contributed by atoms with van der Waals surface area (Å²) in [6.07, 6.45) is 5.42. The lowest BCUT2D eigenvalue weighted by molar-refractivity contribution is 0.485. The van der Waals surface area contributed by atoms with Crippen molar-refractivity contribution < 1.29 is 4.39 Å². The third-order valence-electron chi connectivity index (χ3n) is 3.28. The van der Waals surface area contributed by atoms with Gasteiger partial charge in [0.15, 0.2) is 0 Å². The van der Waals surface area contributed by atoms with Crippen molar-refractivity contribution in [2.45, 2.75) is 25.8 Å². The van der Waals surface area contributed by atoms with Crippen LogP contribution >= 0.6 is 11.6 Å². The lowest BCUT2D eigenvalue weighted by atomic mass is 9.99. The molecule has 1 atom stereocenters. The molecule has 108 valence electrons. The molecule has 0 radical (unpaired) electrons. The van der Waals surface area contributed by atoms with Crippen LogP contribution in [0.5, 0.6) is 0 Å². The summed E-state index contributed by atoms with van der Waals surface area (Å²) in [6.45, 7) is 2.77. The maximum Gasteiger partial charge on any atom is 0.129 e. The minimum absolute atomic E-state index is 0.0890. The van der Waals surface area contributed by atoms with Crippen molar-refractivity contribution in [2.75, 3.05) is 6.54 Å². The fourth-order valence-electron chi connectivity index (χ4n) is 2.35. The maximum absolute atomic E-state index is 14.0. The molecule has 2 aromatic rings. The minimum Gasteiger partial charge on any atom is -0.310 e. The zero-order valence-electron chi connectivity index (χ0n) is 11.7. The second kappa shape index (κ2) is 6.86. The minimum atomic E-state index is -0.255. The molecule has 2 rings (SSSR count). The molecule has 0 bridgehead atoms. The second-order valence-electron chi connectivity index (χ2n) is 4.81. The molecule has 0 saturated carbocycles. The summed E-state index contributed by atoms with van der Waals surface area (Å²) < 4.78 is 15.8. The summed E-state index contributed by atoms with van der Waals surface area (Å²) in [6, 6.07) is 4.73. The van der Waals surface area contributed by atoms with Gasteiger partial charge in [0.2, 0.25) is 0 Å². The van der Waals surface area contributed by atoms with Crippen molar-refractivity contribution in [3.05, 3.63) is 52.6 Å². The van der Waals surface area contributed by atoms with E-state index in [4.69, 9.17) is 11.6 Å². The third-order valence-corrected chi connectivity index (χ3v) is 3.61. The molecule has 1 heterocycles. The van der Waals surface area contributed by atoms with E-state index in [0.717, 1.165) is 24.9 Å². The summed E-state index contributed by atoms with van der Waals surface area (Å²) in [5, 5.41) is 7.92. The van der Waals surface area contributed by atoms with Crippen molar-refractivity contribution in [3.8, 4) is 0 Å². The first kappa shape index (κ1) is 15.0. The second-order valence-corrected chi connectivity index (χ2v) is 5.21. The number of halogens is 2. The van der Waals surface area contributed by atoms with E-state index in [-0.39, 0.29) is 11.9 Å². The first-order valence-electron chi connectivity index (χ1n) is 6.76. The van der Waals surface area contributed by atoms with Gasteiger partial charge in [0.05, 0.1) is 6.20 Å². The Kier molecular flexibility index (Phi) is 5.15. The van der Waals surface area contributed by atoms with Gasteiger partial charge in [0.25, 0.3) is 0 Å². The normalized spacial score (nSPS) is 12.6. The van der Waals surface area contributed by atoms with Gasteiger partial charge in [-0.25, -0.2) is 4.39 Å². The molecular weight excluding hydrogens is 277 g/mol. The van der Waals surface area contributed by atoms with Gasteiger partial charge in [-0.1, -0.05) is 24.6 Å². The quantitative estimate of drug-likeness (QED) is 0.884. The molecule has 0 amide bonds. The Balaban J connectivity index is 2.14. The number of rotatable bonds is 6. The van der Waals surface area contributed by atoms with Crippen LogP contribution in [-0.4, -0.2) is 16.3 Å². The number of aryl methyl sites for hydroxylation is 2. The molecular formula is C15H19ClFN3. The first-order chi connectivity index (χ1) is 9.61. The largest absolute Gasteiger partial charge is 0.310 e. The summed E-state index contributed by atoms with van der Waals surface area (Å²) in [7, 11) is 1.89. The number of nitrogens with one attached hydrogen (secondary N) is 1. The highest BCUT2D eigenvalue weighted by Crippen LogP contribution is 2.28. The van der Waals surface area contributed by atoms with Crippen molar-refractivity contribution in [3.63, 3.8) is 0 Å². The van der Waals surface area contributed by atoms with Gasteiger partial charge >= 0.3 is 0 Å². The zero-order valence-corrected chi connectivity index (χ0v) is 12.5. The predicted molar refractivity (Wildman–Crippen MR) is 79.4 cm³/mol. The van der Waals surface area contributed by atoms with Gasteiger partial charge in [-0.2, -0.15) is 5.10 Å². The van der Waals surface area contributed by atoms with E-state index < -0.39 is 0 Å². The monoisotopic (exact) mass is 295 g/mol. The number of hydrogen-bond donors (Lipinski definition) is 1. The Bertz CT molecular complexity index is 548. The Morgan fingerprint density at radius 1 is 1.45 bits per heavy atom. The van der Waals surface area contributed by atoms with Crippen LogP contribution in [0.25, 0.3) is 0 Å². The molecule has 0 aliphatic heterocycles. The highest BCUT2D eigenvalue weighted by Gasteiger charge is 2.18. The molecule has 1 aromatic carbocycles. The van der Waals surface area contributed by atoms with Gasteiger partial charge < -0.3 is 5.32 Å². The zero-order chi connectivity index (χ0) is 14.5. The van der Waals surface area contributed by atoms with Crippen LogP contribution in [-0.2, 0) is 13.5 Å². The van der Waals surface area contributed by atoms with Crippen LogP contribution in [0.3, 0.4) is 0 Å². The molecule has 0 fully saturated rings. The van der Waals surface area contributed by atoms with E-state index in [1.807, 2.05) is 26.4 Å². The summed E-state index contributed by atoms with van der Waals surface area (Å²) in [4.78, 5) is 0. The van der Waals surface area contributed by atoms with Crippen LogP contribution in [0.1, 0.15) is 30.5 Å².